The van der Waals surface area contributed by atoms with Crippen molar-refractivity contribution in [2.45, 2.75) is 13.0 Å². The first-order valence-electron chi connectivity index (χ1n) is 12.1. The van der Waals surface area contributed by atoms with Gasteiger partial charge in [0.25, 0.3) is 5.91 Å². The average Bonchev–Trinajstić information content (AvgIpc) is 3.66. The molecule has 4 N–H and O–H groups in total. The molecule has 0 aliphatic heterocycles. The summed E-state index contributed by atoms with van der Waals surface area (Å²) >= 11 is 0. The zero-order valence-corrected chi connectivity index (χ0v) is 20.8. The number of nitrogens with two attached hydrogens (primary N) is 1. The van der Waals surface area contributed by atoms with E-state index in [4.69, 9.17) is 5.73 Å². The molecular weight excluding hydrogens is 476 g/mol. The Morgan fingerprint density at radius 3 is 2.74 bits per heavy atom. The molecular formula is C29H24N8O. The molecule has 0 spiro atoms. The summed E-state index contributed by atoms with van der Waals surface area (Å²) in [6, 6.07) is 15.7. The van der Waals surface area contributed by atoms with Gasteiger partial charge < -0.3 is 16.0 Å². The van der Waals surface area contributed by atoms with Gasteiger partial charge in [-0.25, -0.2) is 9.97 Å². The lowest BCUT2D eigenvalue weighted by molar-refractivity contribution is 0.0941. The molecule has 0 fully saturated rings. The number of hydrogen-bond donors (Lipinski definition) is 3. The number of H-pyrrole nitrogens is 1. The molecule has 4 heterocycles. The summed E-state index contributed by atoms with van der Waals surface area (Å²) in [6.07, 6.45) is 8.49. The summed E-state index contributed by atoms with van der Waals surface area (Å²) in [4.78, 5) is 25.4. The number of carbonyl (C=O) groups is 1. The maximum atomic E-state index is 13.4. The third-order valence-corrected chi connectivity index (χ3v) is 6.44. The highest BCUT2D eigenvalue weighted by Crippen LogP contribution is 2.37. The van der Waals surface area contributed by atoms with Crippen LogP contribution >= 0.6 is 0 Å². The van der Waals surface area contributed by atoms with Gasteiger partial charge in [0, 0.05) is 53.4 Å². The summed E-state index contributed by atoms with van der Waals surface area (Å²) in [5, 5.41) is 8.29. The van der Waals surface area contributed by atoms with Crippen LogP contribution in [0.3, 0.4) is 0 Å². The van der Waals surface area contributed by atoms with Crippen molar-refractivity contribution in [3.63, 3.8) is 0 Å². The Labute approximate surface area is 218 Å². The number of anilines is 1. The predicted molar refractivity (Wildman–Crippen MR) is 146 cm³/mol. The Morgan fingerprint density at radius 1 is 1.11 bits per heavy atom. The molecule has 186 valence electrons. The van der Waals surface area contributed by atoms with Crippen molar-refractivity contribution < 1.29 is 4.79 Å². The van der Waals surface area contributed by atoms with Crippen molar-refractivity contribution >= 4 is 28.3 Å². The van der Waals surface area contributed by atoms with Gasteiger partial charge in [0.05, 0.1) is 17.8 Å². The third kappa shape index (κ3) is 4.04. The molecule has 0 saturated carbocycles. The lowest BCUT2D eigenvalue weighted by Gasteiger charge is -2.16. The molecule has 0 saturated heterocycles. The minimum absolute atomic E-state index is 0.126. The quantitative estimate of drug-likeness (QED) is 0.315. The molecule has 0 bridgehead atoms. The van der Waals surface area contributed by atoms with Crippen molar-refractivity contribution in [1.29, 1.82) is 0 Å². The van der Waals surface area contributed by atoms with Crippen LogP contribution in [0.25, 0.3) is 27.7 Å². The topological polar surface area (TPSA) is 119 Å². The number of carbonyl (C=O) groups excluding carboxylic acids is 1. The number of rotatable bonds is 4. The molecule has 6 rings (SSSR count). The minimum Gasteiger partial charge on any atom is -0.383 e. The van der Waals surface area contributed by atoms with Gasteiger partial charge in [-0.15, -0.1) is 0 Å². The van der Waals surface area contributed by atoms with Crippen LogP contribution in [0.2, 0.25) is 0 Å². The van der Waals surface area contributed by atoms with Crippen molar-refractivity contribution in [3.05, 3.63) is 102 Å². The number of benzene rings is 2. The predicted octanol–water partition coefficient (Wildman–Crippen LogP) is 4.08. The Hall–Kier alpha value is -5.36. The number of amides is 1. The summed E-state index contributed by atoms with van der Waals surface area (Å²) in [7, 11) is 1.87. The smallest absolute Gasteiger partial charge is 0.259 e. The standard InChI is InChI=1S/C29H24N8O/c1-18(34-29(38)25-27(30)32-17-37-14-13-31-28(25)37)26-24(20-7-4-3-5-8-20)23-21(9-6-10-22(23)35-26)12-11-19-15-33-36(2)16-19/h3-10,13-18,35H,30H2,1-2H3,(H,34,38)/t18-/m0/s1. The molecule has 2 aromatic carbocycles. The molecule has 0 aliphatic rings. The Morgan fingerprint density at radius 2 is 1.95 bits per heavy atom. The second kappa shape index (κ2) is 9.26. The van der Waals surface area contributed by atoms with E-state index in [1.165, 1.54) is 6.33 Å². The Balaban J connectivity index is 1.46. The normalized spacial score (nSPS) is 11.8. The van der Waals surface area contributed by atoms with Crippen molar-refractivity contribution in [1.82, 2.24) is 34.4 Å². The van der Waals surface area contributed by atoms with Crippen LogP contribution < -0.4 is 11.1 Å². The minimum atomic E-state index is -0.390. The van der Waals surface area contributed by atoms with E-state index < -0.39 is 0 Å². The maximum absolute atomic E-state index is 13.4. The fraction of sp³-hybridized carbons (Fsp3) is 0.103. The Kier molecular flexibility index (Phi) is 5.62. The Bertz CT molecular complexity index is 1870. The van der Waals surface area contributed by atoms with Gasteiger partial charge in [0.1, 0.15) is 17.7 Å². The number of hydrogen-bond acceptors (Lipinski definition) is 5. The number of nitrogens with one attached hydrogen (secondary N) is 2. The van der Waals surface area contributed by atoms with Gasteiger partial charge in [-0.2, -0.15) is 5.10 Å². The number of imidazole rings is 1. The zero-order valence-electron chi connectivity index (χ0n) is 20.8. The SMILES string of the molecule is C[C@H](NC(=O)c1c(N)ncn2ccnc12)c1[nH]c2cccc(C#Cc3cnn(C)c3)c2c1-c1ccccc1. The highest BCUT2D eigenvalue weighted by atomic mass is 16.1. The van der Waals surface area contributed by atoms with Crippen molar-refractivity contribution in [2.75, 3.05) is 5.73 Å². The van der Waals surface area contributed by atoms with Gasteiger partial charge >= 0.3 is 0 Å². The number of aromatic nitrogens is 6. The summed E-state index contributed by atoms with van der Waals surface area (Å²) in [6.45, 7) is 1.94. The fourth-order valence-corrected chi connectivity index (χ4v) is 4.69. The summed E-state index contributed by atoms with van der Waals surface area (Å²) in [5.74, 6) is 6.32. The maximum Gasteiger partial charge on any atom is 0.259 e. The number of nitrogens with zero attached hydrogens (tertiary/aromatic N) is 5. The van der Waals surface area contributed by atoms with E-state index in [1.807, 2.05) is 56.6 Å². The van der Waals surface area contributed by atoms with Gasteiger partial charge in [0.15, 0.2) is 5.65 Å². The van der Waals surface area contributed by atoms with Crippen LogP contribution in [0.5, 0.6) is 0 Å². The first-order chi connectivity index (χ1) is 18.5. The van der Waals surface area contributed by atoms with Crippen LogP contribution in [-0.2, 0) is 7.05 Å². The summed E-state index contributed by atoms with van der Waals surface area (Å²) < 4.78 is 3.40. The number of fused-ring (bicyclic) bond motifs is 2. The molecule has 1 atom stereocenters. The van der Waals surface area contributed by atoms with Crippen LogP contribution in [0.1, 0.15) is 40.1 Å². The van der Waals surface area contributed by atoms with Crippen LogP contribution in [0.4, 0.5) is 5.82 Å². The lowest BCUT2D eigenvalue weighted by atomic mass is 9.96. The van der Waals surface area contributed by atoms with Gasteiger partial charge in [0.2, 0.25) is 0 Å². The molecule has 0 radical (unpaired) electrons. The highest BCUT2D eigenvalue weighted by Gasteiger charge is 2.24. The van der Waals surface area contributed by atoms with Gasteiger partial charge in [-0.3, -0.25) is 13.9 Å². The first kappa shape index (κ1) is 23.1. The second-order valence-electron chi connectivity index (χ2n) is 9.02. The number of nitrogen functional groups attached to an aromatic ring is 1. The van der Waals surface area contributed by atoms with E-state index in [-0.39, 0.29) is 23.3 Å². The molecule has 4 aromatic heterocycles. The van der Waals surface area contributed by atoms with E-state index >= 15 is 0 Å². The van der Waals surface area contributed by atoms with Crippen molar-refractivity contribution in [3.8, 4) is 23.0 Å². The summed E-state index contributed by atoms with van der Waals surface area (Å²) in [5.41, 5.74) is 12.3. The molecule has 38 heavy (non-hydrogen) atoms. The second-order valence-corrected chi connectivity index (χ2v) is 9.02. The van der Waals surface area contributed by atoms with Gasteiger partial charge in [-0.1, -0.05) is 48.2 Å². The van der Waals surface area contributed by atoms with Crippen LogP contribution in [0.15, 0.2) is 79.6 Å². The van der Waals surface area contributed by atoms with Gasteiger partial charge in [-0.05, 0) is 24.6 Å². The zero-order chi connectivity index (χ0) is 26.2. The average molecular weight is 501 g/mol. The molecule has 1 amide bonds. The highest BCUT2D eigenvalue weighted by molar-refractivity contribution is 6.05. The fourth-order valence-electron chi connectivity index (χ4n) is 4.69. The molecule has 0 aliphatic carbocycles. The van der Waals surface area contributed by atoms with E-state index in [0.717, 1.165) is 38.9 Å². The molecule has 0 unspecified atom stereocenters. The first-order valence-corrected chi connectivity index (χ1v) is 12.1. The molecule has 9 nitrogen and oxygen atoms in total. The monoisotopic (exact) mass is 500 g/mol. The van der Waals surface area contributed by atoms with E-state index in [2.05, 4.69) is 49.3 Å². The van der Waals surface area contributed by atoms with E-state index in [9.17, 15) is 4.79 Å². The van der Waals surface area contributed by atoms with Crippen molar-refractivity contribution in [2.24, 2.45) is 7.05 Å². The molecule has 9 heteroatoms. The lowest BCUT2D eigenvalue weighted by Crippen LogP contribution is -2.28. The van der Waals surface area contributed by atoms with Crippen LogP contribution in [-0.4, -0.2) is 35.0 Å². The third-order valence-electron chi connectivity index (χ3n) is 6.44. The number of aromatic amines is 1. The van der Waals surface area contributed by atoms with E-state index in [1.54, 1.807) is 27.7 Å². The molecule has 6 aromatic rings. The number of aryl methyl sites for hydroxylation is 1. The largest absolute Gasteiger partial charge is 0.383 e. The van der Waals surface area contributed by atoms with E-state index in [0.29, 0.717) is 5.65 Å². The van der Waals surface area contributed by atoms with Crippen LogP contribution in [0, 0.1) is 11.8 Å².